The zero-order valence-electron chi connectivity index (χ0n) is 37.3. The molecule has 1 aliphatic heterocycles. The summed E-state index contributed by atoms with van der Waals surface area (Å²) in [5.41, 5.74) is 0.362. The lowest BCUT2D eigenvalue weighted by molar-refractivity contribution is -0.440. The number of halogens is 26. The Morgan fingerprint density at radius 3 is 1.10 bits per heavy atom. The Hall–Kier alpha value is -4.02. The number of carbonyl (C=O) groups is 2. The molecule has 1 N–H and O–H groups in total. The molecule has 72 heavy (non-hydrogen) atoms. The van der Waals surface area contributed by atoms with Gasteiger partial charge in [-0.05, 0) is 33.6 Å². The van der Waals surface area contributed by atoms with Gasteiger partial charge in [-0.15, -0.1) is 0 Å². The second-order valence-corrected chi connectivity index (χ2v) is 13.7. The molecule has 0 aromatic heterocycles. The van der Waals surface area contributed by atoms with Crippen molar-refractivity contribution in [3.05, 3.63) is 44.6 Å². The number of alkyl halides is 26. The van der Waals surface area contributed by atoms with Gasteiger partial charge in [0.25, 0.3) is 0 Å². The number of carbonyl (C=O) groups excluding carboxylic acids is 2. The van der Waals surface area contributed by atoms with Crippen molar-refractivity contribution in [3.8, 4) is 0 Å². The molecule has 0 bridgehead atoms. The predicted molar refractivity (Wildman–Crippen MR) is 193 cm³/mol. The van der Waals surface area contributed by atoms with Crippen LogP contribution in [0.5, 0.6) is 0 Å². The lowest BCUT2D eigenvalue weighted by atomic mass is 9.93. The van der Waals surface area contributed by atoms with E-state index in [2.05, 4.69) is 38.7 Å². The molecule has 1 fully saturated rings. The minimum Gasteiger partial charge on any atom is -0.502 e. The van der Waals surface area contributed by atoms with E-state index < -0.39 is 129 Å². The fourth-order valence-corrected chi connectivity index (χ4v) is 3.83. The Bertz CT molecular complexity index is 1670. The molecule has 1 saturated heterocycles. The van der Waals surface area contributed by atoms with Crippen LogP contribution in [0.25, 0.3) is 0 Å². The van der Waals surface area contributed by atoms with Crippen LogP contribution >= 0.6 is 0 Å². The molecular weight excluding hydrogens is 1080 g/mol. The van der Waals surface area contributed by atoms with Crippen LogP contribution in [0.3, 0.4) is 0 Å². The third-order valence-electron chi connectivity index (χ3n) is 7.93. The van der Waals surface area contributed by atoms with E-state index in [0.29, 0.717) is 11.8 Å². The normalized spacial score (nSPS) is 14.9. The second-order valence-electron chi connectivity index (χ2n) is 13.7. The first-order valence-corrected chi connectivity index (χ1v) is 18.7. The Morgan fingerprint density at radius 2 is 0.819 bits per heavy atom. The lowest BCUT2D eigenvalue weighted by Gasteiger charge is -2.39. The summed E-state index contributed by atoms with van der Waals surface area (Å²) in [5.74, 6) is -75.1. The molecule has 1 aliphatic rings. The first-order valence-electron chi connectivity index (χ1n) is 18.7. The standard InChI is InChI=1S/C16H17F13O4.C10H7F13O.C6H10O3.C4H8O.CH3/c1-8(2)10(30)33-7-6-32-9(3)31-5-4-11(17,18)12(19,20)13(21,22)14(23,24)15(25,26)16(27,28)29;1-2-24-4-3-5(11,12)6(13,14)7(15,16)8(17,18)9(19,20)10(21,22)23;1-5(2)6(8)9-4-3-7;1-2-4-5-3-1;/h9H,1,4-7H2,2-3H3;2H,1,3-4H2;7H,1,3-4H2,2H3;1-4H2;1H3/q;;;;-1. The highest BCUT2D eigenvalue weighted by Crippen LogP contribution is 2.62. The molecule has 1 rings (SSSR count). The van der Waals surface area contributed by atoms with Gasteiger partial charge in [-0.1, -0.05) is 19.7 Å². The summed E-state index contributed by atoms with van der Waals surface area (Å²) in [6.07, 6.45) is -18.4. The Morgan fingerprint density at radius 1 is 0.514 bits per heavy atom. The fourth-order valence-electron chi connectivity index (χ4n) is 3.83. The summed E-state index contributed by atoms with van der Waals surface area (Å²) < 4.78 is 359. The number of aliphatic hydroxyl groups excluding tert-OH is 1. The fraction of sp³-hybridized carbons (Fsp3) is 0.757. The molecule has 430 valence electrons. The van der Waals surface area contributed by atoms with Crippen LogP contribution in [0.15, 0.2) is 37.1 Å². The van der Waals surface area contributed by atoms with Crippen LogP contribution in [0, 0.1) is 7.43 Å². The van der Waals surface area contributed by atoms with Gasteiger partial charge in [0, 0.05) is 30.8 Å². The zero-order valence-corrected chi connectivity index (χ0v) is 37.3. The summed E-state index contributed by atoms with van der Waals surface area (Å²) in [6, 6.07) is 0. The topological polar surface area (TPSA) is 110 Å². The van der Waals surface area contributed by atoms with Gasteiger partial charge in [0.05, 0.1) is 39.1 Å². The van der Waals surface area contributed by atoms with Gasteiger partial charge >= 0.3 is 83.5 Å². The molecule has 0 radical (unpaired) electrons. The molecule has 1 heterocycles. The van der Waals surface area contributed by atoms with Crippen molar-refractivity contribution in [1.29, 1.82) is 0 Å². The highest BCUT2D eigenvalue weighted by atomic mass is 19.4. The smallest absolute Gasteiger partial charge is 0.460 e. The van der Waals surface area contributed by atoms with Gasteiger partial charge in [0.15, 0.2) is 6.29 Å². The van der Waals surface area contributed by atoms with Crippen LogP contribution < -0.4 is 0 Å². The molecule has 9 nitrogen and oxygen atoms in total. The van der Waals surface area contributed by atoms with E-state index in [4.69, 9.17) is 14.6 Å². The highest BCUT2D eigenvalue weighted by Gasteiger charge is 2.92. The van der Waals surface area contributed by atoms with Crippen LogP contribution in [0.2, 0.25) is 0 Å². The predicted octanol–water partition coefficient (Wildman–Crippen LogP) is 12.2. The third-order valence-corrected chi connectivity index (χ3v) is 7.93. The maximum atomic E-state index is 13.6. The zero-order chi connectivity index (χ0) is 57.3. The number of hydrogen-bond acceptors (Lipinski definition) is 9. The van der Waals surface area contributed by atoms with E-state index in [0.717, 1.165) is 20.1 Å². The maximum Gasteiger partial charge on any atom is 0.460 e. The average molecular weight is 1130 g/mol. The Labute approximate surface area is 391 Å². The number of aliphatic hydroxyl groups is 1. The van der Waals surface area contributed by atoms with Crippen molar-refractivity contribution in [2.75, 3.05) is 52.9 Å². The summed E-state index contributed by atoms with van der Waals surface area (Å²) >= 11 is 0. The SMILES string of the molecule is C1CCOC1.C=C(C)C(=O)OCCO.C=C(C)C(=O)OCCOC(C)OCCC(F)(F)C(F)(F)C(F)(F)C(F)(F)C(F)(F)C(F)(F)F.C=COCCC(F)(F)C(F)(F)C(F)(F)C(F)(F)C(F)(F)C(F)(F)F.[CH3-]. The molecule has 1 unspecified atom stereocenters. The number of rotatable bonds is 24. The van der Waals surface area contributed by atoms with Crippen LogP contribution in [0.1, 0.15) is 46.5 Å². The van der Waals surface area contributed by atoms with Crippen molar-refractivity contribution < 1.29 is 157 Å². The summed E-state index contributed by atoms with van der Waals surface area (Å²) in [4.78, 5) is 21.5. The van der Waals surface area contributed by atoms with Gasteiger partial charge in [0.1, 0.15) is 13.2 Å². The Balaban J connectivity index is -0.000000510. The molecule has 0 aromatic rings. The molecule has 35 heteroatoms. The summed E-state index contributed by atoms with van der Waals surface area (Å²) in [7, 11) is 0. The van der Waals surface area contributed by atoms with E-state index in [1.165, 1.54) is 19.8 Å². The molecular formula is C37H45F26O9-. The maximum absolute atomic E-state index is 13.6. The van der Waals surface area contributed by atoms with Gasteiger partial charge in [0.2, 0.25) is 0 Å². The van der Waals surface area contributed by atoms with Crippen molar-refractivity contribution in [2.45, 2.75) is 124 Å². The summed E-state index contributed by atoms with van der Waals surface area (Å²) in [6.45, 7) is 11.1. The number of esters is 2. The number of ether oxygens (including phenoxy) is 6. The van der Waals surface area contributed by atoms with E-state index in [1.807, 2.05) is 0 Å². The van der Waals surface area contributed by atoms with Crippen molar-refractivity contribution in [3.63, 3.8) is 0 Å². The largest absolute Gasteiger partial charge is 0.502 e. The van der Waals surface area contributed by atoms with Crippen molar-refractivity contribution in [1.82, 2.24) is 0 Å². The van der Waals surface area contributed by atoms with E-state index in [1.54, 1.807) is 6.92 Å². The monoisotopic (exact) mass is 1130 g/mol. The summed E-state index contributed by atoms with van der Waals surface area (Å²) in [5, 5.41) is 8.19. The van der Waals surface area contributed by atoms with Crippen LogP contribution in [-0.4, -0.2) is 148 Å². The van der Waals surface area contributed by atoms with Gasteiger partial charge < -0.3 is 41.0 Å². The van der Waals surface area contributed by atoms with Gasteiger partial charge in [-0.25, -0.2) is 9.59 Å². The van der Waals surface area contributed by atoms with E-state index >= 15 is 0 Å². The lowest BCUT2D eigenvalue weighted by Crippen LogP contribution is -2.70. The first-order chi connectivity index (χ1) is 31.5. The molecule has 0 aromatic carbocycles. The second kappa shape index (κ2) is 28.0. The van der Waals surface area contributed by atoms with E-state index in [9.17, 15) is 124 Å². The van der Waals surface area contributed by atoms with Crippen molar-refractivity contribution in [2.24, 2.45) is 0 Å². The quantitative estimate of drug-likeness (QED) is 0.0192. The first kappa shape index (κ1) is 74.5. The highest BCUT2D eigenvalue weighted by molar-refractivity contribution is 5.87. The van der Waals surface area contributed by atoms with E-state index in [-0.39, 0.29) is 26.2 Å². The van der Waals surface area contributed by atoms with Crippen LogP contribution in [-0.2, 0) is 38.0 Å². The van der Waals surface area contributed by atoms with Gasteiger partial charge in [-0.2, -0.15) is 114 Å². The minimum atomic E-state index is -7.94. The number of hydrogen-bond donors (Lipinski definition) is 1. The molecule has 0 saturated carbocycles. The third kappa shape index (κ3) is 18.4. The molecule has 0 amide bonds. The van der Waals surface area contributed by atoms with Gasteiger partial charge in [-0.3, -0.25) is 0 Å². The van der Waals surface area contributed by atoms with Crippen LogP contribution in [0.4, 0.5) is 114 Å². The molecule has 1 atom stereocenters. The average Bonchev–Trinajstić information content (AvgIpc) is 3.81. The minimum absolute atomic E-state index is 0. The Kier molecular flexibility index (Phi) is 29.0. The van der Waals surface area contributed by atoms with Crippen molar-refractivity contribution >= 4 is 11.9 Å². The molecule has 0 aliphatic carbocycles. The molecule has 0 spiro atoms.